The highest BCUT2D eigenvalue weighted by molar-refractivity contribution is 8.04. The maximum atomic E-state index is 12.8. The van der Waals surface area contributed by atoms with Gasteiger partial charge in [0.25, 0.3) is 0 Å². The Morgan fingerprint density at radius 3 is 2.70 bits per heavy atom. The van der Waals surface area contributed by atoms with E-state index in [0.717, 1.165) is 11.3 Å². The Labute approximate surface area is 120 Å². The largest absolute Gasteiger partial charge is 0.465 e. The van der Waals surface area contributed by atoms with Gasteiger partial charge in [-0.25, -0.2) is 9.18 Å². The number of carbonyl (C=O) groups is 2. The standard InChI is InChI=1S/C14H14FNO3S/c1-19-14(18)13-11(6-7-20-13)16-12(17)8-9-2-4-10(15)5-3-9/h2-5H,6-8H2,1H3,(H,16,17). The molecule has 0 unspecified atom stereocenters. The van der Waals surface area contributed by atoms with E-state index in [1.54, 1.807) is 12.1 Å². The molecule has 0 radical (unpaired) electrons. The second-order valence-corrected chi connectivity index (χ2v) is 5.35. The molecule has 0 aliphatic carbocycles. The van der Waals surface area contributed by atoms with Gasteiger partial charge in [-0.3, -0.25) is 4.79 Å². The minimum Gasteiger partial charge on any atom is -0.465 e. The lowest BCUT2D eigenvalue weighted by molar-refractivity contribution is -0.135. The van der Waals surface area contributed by atoms with Gasteiger partial charge < -0.3 is 10.1 Å². The molecule has 6 heteroatoms. The maximum absolute atomic E-state index is 12.8. The zero-order valence-electron chi connectivity index (χ0n) is 10.9. The molecular formula is C14H14FNO3S. The molecule has 0 bridgehead atoms. The predicted octanol–water partition coefficient (Wildman–Crippen LogP) is 2.01. The number of methoxy groups -OCH3 is 1. The van der Waals surface area contributed by atoms with Crippen LogP contribution in [0.5, 0.6) is 0 Å². The number of benzene rings is 1. The first kappa shape index (κ1) is 14.6. The van der Waals surface area contributed by atoms with E-state index < -0.39 is 5.97 Å². The molecule has 1 aromatic rings. The lowest BCUT2D eigenvalue weighted by Crippen LogP contribution is -2.25. The van der Waals surface area contributed by atoms with E-state index in [-0.39, 0.29) is 18.1 Å². The highest BCUT2D eigenvalue weighted by atomic mass is 32.2. The zero-order valence-corrected chi connectivity index (χ0v) is 11.8. The van der Waals surface area contributed by atoms with Gasteiger partial charge in [0.1, 0.15) is 10.7 Å². The van der Waals surface area contributed by atoms with E-state index in [0.29, 0.717) is 17.0 Å². The average molecular weight is 295 g/mol. The van der Waals surface area contributed by atoms with Crippen molar-refractivity contribution in [3.8, 4) is 0 Å². The topological polar surface area (TPSA) is 55.4 Å². The molecule has 1 aliphatic heterocycles. The van der Waals surface area contributed by atoms with Gasteiger partial charge in [-0.2, -0.15) is 0 Å². The summed E-state index contributed by atoms with van der Waals surface area (Å²) in [5.41, 5.74) is 1.32. The highest BCUT2D eigenvalue weighted by Crippen LogP contribution is 2.30. The summed E-state index contributed by atoms with van der Waals surface area (Å²) in [6.07, 6.45) is 0.771. The van der Waals surface area contributed by atoms with Crippen LogP contribution >= 0.6 is 11.8 Å². The monoisotopic (exact) mass is 295 g/mol. The van der Waals surface area contributed by atoms with Crippen molar-refractivity contribution in [3.63, 3.8) is 0 Å². The molecule has 1 amide bonds. The first-order chi connectivity index (χ1) is 9.60. The maximum Gasteiger partial charge on any atom is 0.346 e. The van der Waals surface area contributed by atoms with Crippen LogP contribution < -0.4 is 5.32 Å². The van der Waals surface area contributed by atoms with Crippen molar-refractivity contribution in [2.24, 2.45) is 0 Å². The number of allylic oxidation sites excluding steroid dienone is 1. The van der Waals surface area contributed by atoms with E-state index in [1.807, 2.05) is 0 Å². The van der Waals surface area contributed by atoms with Gasteiger partial charge in [-0.1, -0.05) is 12.1 Å². The number of rotatable bonds is 4. The number of hydrogen-bond donors (Lipinski definition) is 1. The average Bonchev–Trinajstić information content (AvgIpc) is 2.88. The number of esters is 1. The smallest absolute Gasteiger partial charge is 0.346 e. The molecule has 0 saturated heterocycles. The third-order valence-corrected chi connectivity index (χ3v) is 3.92. The Morgan fingerprint density at radius 2 is 2.05 bits per heavy atom. The number of amides is 1. The number of nitrogens with one attached hydrogen (secondary N) is 1. The molecule has 20 heavy (non-hydrogen) atoms. The van der Waals surface area contributed by atoms with Crippen LogP contribution in [0, 0.1) is 5.82 Å². The Morgan fingerprint density at radius 1 is 1.35 bits per heavy atom. The normalized spacial score (nSPS) is 14.3. The summed E-state index contributed by atoms with van der Waals surface area (Å²) in [6.45, 7) is 0. The number of hydrogen-bond acceptors (Lipinski definition) is 4. The van der Waals surface area contributed by atoms with Crippen LogP contribution in [-0.2, 0) is 20.7 Å². The fourth-order valence-corrected chi connectivity index (χ4v) is 2.89. The van der Waals surface area contributed by atoms with Crippen molar-refractivity contribution in [1.29, 1.82) is 0 Å². The van der Waals surface area contributed by atoms with E-state index in [1.165, 1.54) is 31.0 Å². The summed E-state index contributed by atoms with van der Waals surface area (Å²) in [7, 11) is 1.31. The van der Waals surface area contributed by atoms with Crippen LogP contribution in [0.4, 0.5) is 4.39 Å². The number of halogens is 1. The molecule has 1 aromatic carbocycles. The van der Waals surface area contributed by atoms with Crippen LogP contribution in [0.1, 0.15) is 12.0 Å². The second-order valence-electron chi connectivity index (χ2n) is 4.25. The molecule has 0 saturated carbocycles. The molecule has 1 N–H and O–H groups in total. The predicted molar refractivity (Wildman–Crippen MR) is 74.4 cm³/mol. The molecule has 0 spiro atoms. The van der Waals surface area contributed by atoms with E-state index >= 15 is 0 Å². The van der Waals surface area contributed by atoms with Crippen molar-refractivity contribution >= 4 is 23.6 Å². The van der Waals surface area contributed by atoms with Crippen molar-refractivity contribution in [1.82, 2.24) is 5.32 Å². The van der Waals surface area contributed by atoms with Gasteiger partial charge in [0.2, 0.25) is 5.91 Å². The first-order valence-corrected chi connectivity index (χ1v) is 7.07. The van der Waals surface area contributed by atoms with E-state index in [9.17, 15) is 14.0 Å². The molecular weight excluding hydrogens is 281 g/mol. The molecule has 4 nitrogen and oxygen atoms in total. The van der Waals surface area contributed by atoms with Crippen LogP contribution in [-0.4, -0.2) is 24.7 Å². The molecule has 0 aromatic heterocycles. The van der Waals surface area contributed by atoms with Gasteiger partial charge >= 0.3 is 5.97 Å². The summed E-state index contributed by atoms with van der Waals surface area (Å²) in [6, 6.07) is 5.75. The molecule has 106 valence electrons. The number of carbonyl (C=O) groups excluding carboxylic acids is 2. The van der Waals surface area contributed by atoms with Gasteiger partial charge in [0.15, 0.2) is 0 Å². The summed E-state index contributed by atoms with van der Waals surface area (Å²) in [5, 5.41) is 2.73. The highest BCUT2D eigenvalue weighted by Gasteiger charge is 2.23. The summed E-state index contributed by atoms with van der Waals surface area (Å²) in [4.78, 5) is 23.9. The Kier molecular flexibility index (Phi) is 4.79. The van der Waals surface area contributed by atoms with Gasteiger partial charge in [-0.05, 0) is 24.1 Å². The zero-order chi connectivity index (χ0) is 14.5. The minimum absolute atomic E-state index is 0.142. The SMILES string of the molecule is COC(=O)C1=C(NC(=O)Cc2ccc(F)cc2)CCS1. The molecule has 0 atom stereocenters. The molecule has 1 heterocycles. The summed E-state index contributed by atoms with van der Waals surface area (Å²) >= 11 is 1.37. The third-order valence-electron chi connectivity index (χ3n) is 2.81. The fourth-order valence-electron chi connectivity index (χ4n) is 1.85. The Balaban J connectivity index is 2.00. The number of thioether (sulfide) groups is 1. The molecule has 1 aliphatic rings. The molecule has 2 rings (SSSR count). The summed E-state index contributed by atoms with van der Waals surface area (Å²) < 4.78 is 17.4. The van der Waals surface area contributed by atoms with Gasteiger partial charge in [0.05, 0.1) is 13.5 Å². The van der Waals surface area contributed by atoms with Crippen molar-refractivity contribution < 1.29 is 18.7 Å². The lowest BCUT2D eigenvalue weighted by atomic mass is 10.1. The van der Waals surface area contributed by atoms with Gasteiger partial charge in [0, 0.05) is 11.4 Å². The Hall–Kier alpha value is -1.82. The van der Waals surface area contributed by atoms with Crippen LogP contribution in [0.3, 0.4) is 0 Å². The summed E-state index contributed by atoms with van der Waals surface area (Å²) in [5.74, 6) is -0.242. The van der Waals surface area contributed by atoms with Crippen molar-refractivity contribution in [2.75, 3.05) is 12.9 Å². The first-order valence-electron chi connectivity index (χ1n) is 6.08. The van der Waals surface area contributed by atoms with E-state index in [2.05, 4.69) is 10.1 Å². The van der Waals surface area contributed by atoms with Crippen LogP contribution in [0.2, 0.25) is 0 Å². The third kappa shape index (κ3) is 3.60. The van der Waals surface area contributed by atoms with Gasteiger partial charge in [-0.15, -0.1) is 11.8 Å². The number of ether oxygens (including phenoxy) is 1. The van der Waals surface area contributed by atoms with Crippen molar-refractivity contribution in [3.05, 3.63) is 46.2 Å². The minimum atomic E-state index is -0.426. The second kappa shape index (κ2) is 6.56. The van der Waals surface area contributed by atoms with Crippen molar-refractivity contribution in [2.45, 2.75) is 12.8 Å². The van der Waals surface area contributed by atoms with Crippen LogP contribution in [0.25, 0.3) is 0 Å². The Bertz CT molecular complexity index is 554. The van der Waals surface area contributed by atoms with Crippen LogP contribution in [0.15, 0.2) is 34.9 Å². The fraction of sp³-hybridized carbons (Fsp3) is 0.286. The van der Waals surface area contributed by atoms with E-state index in [4.69, 9.17) is 0 Å². The quantitative estimate of drug-likeness (QED) is 0.863. The lowest BCUT2D eigenvalue weighted by Gasteiger charge is -2.08. The molecule has 0 fully saturated rings.